The van der Waals surface area contributed by atoms with E-state index in [2.05, 4.69) is 136 Å². The summed E-state index contributed by atoms with van der Waals surface area (Å²) in [6.45, 7) is 17.7. The summed E-state index contributed by atoms with van der Waals surface area (Å²) in [5, 5.41) is 17.6. The number of hydrogen-bond donors (Lipinski definition) is 0. The largest absolute Gasteiger partial charge is 0.416 e. The Morgan fingerprint density at radius 1 is 0.444 bits per heavy atom. The predicted octanol–water partition coefficient (Wildman–Crippen LogP) is 10.0. The Kier molecular flexibility index (Phi) is 6.48. The minimum Gasteiger partial charge on any atom is -0.416 e. The maximum absolute atomic E-state index is 6.18. The molecule has 1 aliphatic carbocycles. The lowest BCUT2D eigenvalue weighted by Gasteiger charge is -2.22. The number of benzene rings is 4. The Labute approximate surface area is 264 Å². The van der Waals surface area contributed by atoms with Gasteiger partial charge in [-0.25, -0.2) is 0 Å². The van der Waals surface area contributed by atoms with Crippen LogP contribution in [0.4, 0.5) is 0 Å². The molecule has 1 aliphatic rings. The zero-order valence-corrected chi connectivity index (χ0v) is 27.2. The zero-order chi connectivity index (χ0) is 31.7. The first kappa shape index (κ1) is 28.9. The molecule has 6 nitrogen and oxygen atoms in total. The molecule has 45 heavy (non-hydrogen) atoms. The molecule has 226 valence electrons. The molecule has 0 aliphatic heterocycles. The molecular formula is C39H38N4O2. The summed E-state index contributed by atoms with van der Waals surface area (Å²) >= 11 is 0. The first-order valence-electron chi connectivity index (χ1n) is 15.5. The van der Waals surface area contributed by atoms with Gasteiger partial charge in [0.1, 0.15) is 0 Å². The maximum atomic E-state index is 6.18. The van der Waals surface area contributed by atoms with Gasteiger partial charge in [-0.2, -0.15) is 0 Å². The Morgan fingerprint density at radius 2 is 0.756 bits per heavy atom. The van der Waals surface area contributed by atoms with E-state index in [1.165, 1.54) is 33.4 Å². The van der Waals surface area contributed by atoms with Gasteiger partial charge in [0.05, 0.1) is 0 Å². The summed E-state index contributed by atoms with van der Waals surface area (Å²) in [7, 11) is 0. The van der Waals surface area contributed by atoms with Crippen molar-refractivity contribution >= 4 is 0 Å². The van der Waals surface area contributed by atoms with Gasteiger partial charge in [0.25, 0.3) is 0 Å². The van der Waals surface area contributed by atoms with Gasteiger partial charge in [0, 0.05) is 27.7 Å². The van der Waals surface area contributed by atoms with Crippen LogP contribution < -0.4 is 0 Å². The summed E-state index contributed by atoms with van der Waals surface area (Å²) in [5.74, 6) is 2.05. The highest BCUT2D eigenvalue weighted by molar-refractivity contribution is 5.84. The lowest BCUT2D eigenvalue weighted by molar-refractivity contribution is 0.581. The first-order valence-corrected chi connectivity index (χ1v) is 15.5. The minimum absolute atomic E-state index is 0.0846. The second-order valence-electron chi connectivity index (χ2n) is 14.6. The highest BCUT2D eigenvalue weighted by Crippen LogP contribution is 2.50. The summed E-state index contributed by atoms with van der Waals surface area (Å²) < 4.78 is 12.4. The van der Waals surface area contributed by atoms with Crippen LogP contribution in [0.3, 0.4) is 0 Å². The summed E-state index contributed by atoms with van der Waals surface area (Å²) in [6.07, 6.45) is 0. The monoisotopic (exact) mass is 594 g/mol. The highest BCUT2D eigenvalue weighted by atomic mass is 16.4. The van der Waals surface area contributed by atoms with E-state index in [9.17, 15) is 0 Å². The molecule has 0 N–H and O–H groups in total. The topological polar surface area (TPSA) is 77.8 Å². The van der Waals surface area contributed by atoms with E-state index in [1.807, 2.05) is 24.3 Å². The van der Waals surface area contributed by atoms with Gasteiger partial charge < -0.3 is 8.83 Å². The molecule has 0 amide bonds. The highest BCUT2D eigenvalue weighted by Gasteiger charge is 2.36. The molecule has 0 atom stereocenters. The number of hydrogen-bond acceptors (Lipinski definition) is 6. The fourth-order valence-electron chi connectivity index (χ4n) is 6.14. The van der Waals surface area contributed by atoms with Gasteiger partial charge >= 0.3 is 0 Å². The van der Waals surface area contributed by atoms with Gasteiger partial charge in [-0.3, -0.25) is 0 Å². The number of rotatable bonds is 4. The Hall–Kier alpha value is -4.84. The van der Waals surface area contributed by atoms with Crippen LogP contribution in [-0.4, -0.2) is 20.4 Å². The molecule has 0 unspecified atom stereocenters. The van der Waals surface area contributed by atoms with Crippen molar-refractivity contribution in [3.63, 3.8) is 0 Å². The molecule has 0 bridgehead atoms. The third-order valence-electron chi connectivity index (χ3n) is 9.02. The third-order valence-corrected chi connectivity index (χ3v) is 9.02. The van der Waals surface area contributed by atoms with Gasteiger partial charge in [-0.05, 0) is 92.7 Å². The van der Waals surface area contributed by atoms with Crippen molar-refractivity contribution in [2.24, 2.45) is 0 Å². The molecule has 0 radical (unpaired) electrons. The van der Waals surface area contributed by atoms with Crippen molar-refractivity contribution in [3.05, 3.63) is 107 Å². The second-order valence-corrected chi connectivity index (χ2v) is 14.6. The molecule has 2 heterocycles. The minimum atomic E-state index is -0.256. The van der Waals surface area contributed by atoms with Crippen LogP contribution >= 0.6 is 0 Å². The zero-order valence-electron chi connectivity index (χ0n) is 27.2. The number of fused-ring (bicyclic) bond motifs is 3. The third kappa shape index (κ3) is 5.08. The van der Waals surface area contributed by atoms with Crippen LogP contribution in [0.5, 0.6) is 0 Å². The van der Waals surface area contributed by atoms with E-state index in [4.69, 9.17) is 8.83 Å². The molecule has 2 aromatic heterocycles. The van der Waals surface area contributed by atoms with E-state index in [0.717, 1.165) is 22.3 Å². The molecule has 0 saturated heterocycles. The quantitative estimate of drug-likeness (QED) is 0.202. The van der Waals surface area contributed by atoms with Crippen molar-refractivity contribution in [2.75, 3.05) is 0 Å². The Bertz CT molecular complexity index is 1890. The van der Waals surface area contributed by atoms with Crippen LogP contribution in [-0.2, 0) is 16.2 Å². The predicted molar refractivity (Wildman–Crippen MR) is 179 cm³/mol. The molecule has 4 aromatic carbocycles. The van der Waals surface area contributed by atoms with Crippen LogP contribution in [0.25, 0.3) is 56.9 Å². The maximum Gasteiger partial charge on any atom is 0.248 e. The lowest BCUT2D eigenvalue weighted by atomic mass is 9.81. The summed E-state index contributed by atoms with van der Waals surface area (Å²) in [5.41, 5.74) is 10.9. The molecule has 6 heteroatoms. The molecule has 6 aromatic rings. The van der Waals surface area contributed by atoms with Gasteiger partial charge in [0.15, 0.2) is 0 Å². The second kappa shape index (κ2) is 10.1. The van der Waals surface area contributed by atoms with Crippen LogP contribution in [0, 0.1) is 0 Å². The first-order chi connectivity index (χ1) is 21.3. The SMILES string of the molecule is CC(C)(C)c1ccc(-c2nnc(-c3ccc4c(c3)C(C)(C)c3cc(-c5nnc(-c6ccc(C(C)(C)C)cc6)o5)ccc3-4)o2)cc1. The number of nitrogens with zero attached hydrogens (tertiary/aromatic N) is 4. The van der Waals surface area contributed by atoms with E-state index in [0.29, 0.717) is 23.6 Å². The Morgan fingerprint density at radius 3 is 1.09 bits per heavy atom. The molecule has 0 spiro atoms. The van der Waals surface area contributed by atoms with Gasteiger partial charge in [-0.1, -0.05) is 91.8 Å². The van der Waals surface area contributed by atoms with Crippen molar-refractivity contribution in [1.82, 2.24) is 20.4 Å². The molecular weight excluding hydrogens is 556 g/mol. The molecule has 0 saturated carbocycles. The van der Waals surface area contributed by atoms with E-state index in [-0.39, 0.29) is 16.2 Å². The van der Waals surface area contributed by atoms with Crippen LogP contribution in [0.1, 0.15) is 77.6 Å². The van der Waals surface area contributed by atoms with Gasteiger partial charge in [0.2, 0.25) is 23.6 Å². The van der Waals surface area contributed by atoms with Crippen molar-refractivity contribution in [2.45, 2.75) is 71.6 Å². The normalized spacial score (nSPS) is 14.0. The Balaban J connectivity index is 1.16. The summed E-state index contributed by atoms with van der Waals surface area (Å²) in [6, 6.07) is 29.5. The van der Waals surface area contributed by atoms with Crippen molar-refractivity contribution in [1.29, 1.82) is 0 Å². The fraction of sp³-hybridized carbons (Fsp3) is 0.282. The lowest BCUT2D eigenvalue weighted by Crippen LogP contribution is -2.15. The van der Waals surface area contributed by atoms with E-state index < -0.39 is 0 Å². The van der Waals surface area contributed by atoms with E-state index in [1.54, 1.807) is 0 Å². The van der Waals surface area contributed by atoms with Gasteiger partial charge in [-0.15, -0.1) is 20.4 Å². The van der Waals surface area contributed by atoms with Crippen molar-refractivity contribution in [3.8, 4) is 56.9 Å². The van der Waals surface area contributed by atoms with Crippen molar-refractivity contribution < 1.29 is 8.83 Å². The average molecular weight is 595 g/mol. The smallest absolute Gasteiger partial charge is 0.248 e. The average Bonchev–Trinajstić information content (AvgIpc) is 3.75. The summed E-state index contributed by atoms with van der Waals surface area (Å²) in [4.78, 5) is 0. The van der Waals surface area contributed by atoms with Crippen LogP contribution in [0.2, 0.25) is 0 Å². The fourth-order valence-corrected chi connectivity index (χ4v) is 6.14. The van der Waals surface area contributed by atoms with E-state index >= 15 is 0 Å². The standard InChI is InChI=1S/C39H38N4O2/c1-37(2,3)27-15-9-23(10-16-27)33-40-42-35(44-33)25-13-19-29-30-20-14-26(22-32(30)39(7,8)31(29)21-25)36-43-41-34(45-36)24-11-17-28(18-12-24)38(4,5)6/h9-22H,1-8H3. The molecule has 0 fully saturated rings. The number of aromatic nitrogens is 4. The van der Waals surface area contributed by atoms with Crippen LogP contribution in [0.15, 0.2) is 93.8 Å². The molecule has 7 rings (SSSR count).